The average molecular weight is 452 g/mol. The van der Waals surface area contributed by atoms with Gasteiger partial charge in [-0.05, 0) is 62.4 Å². The molecule has 1 aromatic carbocycles. The van der Waals surface area contributed by atoms with Gasteiger partial charge in [0.2, 0.25) is 11.8 Å². The first-order chi connectivity index (χ1) is 15.9. The summed E-state index contributed by atoms with van der Waals surface area (Å²) in [5, 5.41) is 2.29. The van der Waals surface area contributed by atoms with E-state index in [0.717, 1.165) is 49.4 Å². The van der Waals surface area contributed by atoms with Gasteiger partial charge in [0, 0.05) is 37.5 Å². The highest BCUT2D eigenvalue weighted by Gasteiger charge is 2.40. The molecule has 8 nitrogen and oxygen atoms in total. The molecule has 9 heteroatoms. The van der Waals surface area contributed by atoms with E-state index in [1.165, 1.54) is 11.0 Å². The van der Waals surface area contributed by atoms with E-state index < -0.39 is 11.9 Å². The SMILES string of the molecule is Cc1nccnc1CN1CCC(c2cc3c(cc2F)C(=O)N(C2CCC(=O)NC2=O)C3)CC1. The van der Waals surface area contributed by atoms with Crippen LogP contribution in [-0.2, 0) is 22.7 Å². The summed E-state index contributed by atoms with van der Waals surface area (Å²) in [5.74, 6) is -1.42. The lowest BCUT2D eigenvalue weighted by atomic mass is 9.87. The van der Waals surface area contributed by atoms with E-state index in [2.05, 4.69) is 20.2 Å². The van der Waals surface area contributed by atoms with Gasteiger partial charge in [0.25, 0.3) is 5.91 Å². The molecule has 1 atom stereocenters. The minimum Gasteiger partial charge on any atom is -0.322 e. The second-order valence-electron chi connectivity index (χ2n) is 9.07. The summed E-state index contributed by atoms with van der Waals surface area (Å²) in [6.45, 7) is 4.61. The maximum absolute atomic E-state index is 15.1. The lowest BCUT2D eigenvalue weighted by molar-refractivity contribution is -0.136. The van der Waals surface area contributed by atoms with Crippen LogP contribution in [0, 0.1) is 12.7 Å². The van der Waals surface area contributed by atoms with Crippen LogP contribution in [0.2, 0.25) is 0 Å². The number of aryl methyl sites for hydroxylation is 1. The lowest BCUT2D eigenvalue weighted by Gasteiger charge is -2.32. The van der Waals surface area contributed by atoms with Gasteiger partial charge < -0.3 is 4.90 Å². The summed E-state index contributed by atoms with van der Waals surface area (Å²) in [5.41, 5.74) is 3.60. The Morgan fingerprint density at radius 3 is 2.58 bits per heavy atom. The molecule has 3 amide bonds. The number of piperidine rings is 2. The van der Waals surface area contributed by atoms with Crippen molar-refractivity contribution in [1.29, 1.82) is 0 Å². The first-order valence-electron chi connectivity index (χ1n) is 11.4. The van der Waals surface area contributed by atoms with E-state index in [9.17, 15) is 14.4 Å². The number of hydrogen-bond donors (Lipinski definition) is 1. The van der Waals surface area contributed by atoms with Crippen LogP contribution in [0.1, 0.15) is 64.5 Å². The number of fused-ring (bicyclic) bond motifs is 1. The third-order valence-corrected chi connectivity index (χ3v) is 7.02. The van der Waals surface area contributed by atoms with Crippen molar-refractivity contribution >= 4 is 17.7 Å². The van der Waals surface area contributed by atoms with Crippen LogP contribution in [-0.4, -0.2) is 56.6 Å². The summed E-state index contributed by atoms with van der Waals surface area (Å²) in [4.78, 5) is 49.1. The van der Waals surface area contributed by atoms with Crippen molar-refractivity contribution < 1.29 is 18.8 Å². The van der Waals surface area contributed by atoms with Crippen molar-refractivity contribution in [3.05, 3.63) is 58.4 Å². The van der Waals surface area contributed by atoms with Crippen LogP contribution < -0.4 is 5.32 Å². The van der Waals surface area contributed by atoms with E-state index in [0.29, 0.717) is 17.5 Å². The molecule has 2 fully saturated rings. The van der Waals surface area contributed by atoms with Crippen LogP contribution >= 0.6 is 0 Å². The minimum atomic E-state index is -0.693. The summed E-state index contributed by atoms with van der Waals surface area (Å²) in [6, 6.07) is 2.44. The van der Waals surface area contributed by atoms with Crippen molar-refractivity contribution in [1.82, 2.24) is 25.1 Å². The zero-order chi connectivity index (χ0) is 23.1. The highest BCUT2D eigenvalue weighted by molar-refractivity contribution is 6.05. The molecule has 1 N–H and O–H groups in total. The number of benzene rings is 1. The number of carbonyl (C=O) groups excluding carboxylic acids is 3. The number of nitrogens with zero attached hydrogens (tertiary/aromatic N) is 4. The van der Waals surface area contributed by atoms with Crippen molar-refractivity contribution in [3.8, 4) is 0 Å². The maximum Gasteiger partial charge on any atom is 0.255 e. The van der Waals surface area contributed by atoms with Gasteiger partial charge in [-0.3, -0.25) is 34.6 Å². The van der Waals surface area contributed by atoms with Gasteiger partial charge in [0.15, 0.2) is 0 Å². The molecule has 0 radical (unpaired) electrons. The van der Waals surface area contributed by atoms with Crippen molar-refractivity contribution in [2.24, 2.45) is 0 Å². The zero-order valence-corrected chi connectivity index (χ0v) is 18.5. The molecule has 2 aromatic rings. The fourth-order valence-electron chi connectivity index (χ4n) is 5.13. The Hall–Kier alpha value is -3.20. The molecule has 5 rings (SSSR count). The van der Waals surface area contributed by atoms with Crippen LogP contribution in [0.4, 0.5) is 4.39 Å². The number of hydrogen-bond acceptors (Lipinski definition) is 6. The summed E-state index contributed by atoms with van der Waals surface area (Å²) in [6.07, 6.45) is 5.52. The third kappa shape index (κ3) is 4.13. The van der Waals surface area contributed by atoms with E-state index >= 15 is 4.39 Å². The van der Waals surface area contributed by atoms with E-state index in [-0.39, 0.29) is 36.5 Å². The normalized spacial score (nSPS) is 21.9. The topological polar surface area (TPSA) is 95.5 Å². The number of halogens is 1. The molecule has 0 bridgehead atoms. The minimum absolute atomic E-state index is 0.0780. The third-order valence-electron chi connectivity index (χ3n) is 7.02. The molecule has 2 saturated heterocycles. The number of nitrogens with one attached hydrogen (secondary N) is 1. The smallest absolute Gasteiger partial charge is 0.255 e. The highest BCUT2D eigenvalue weighted by Crippen LogP contribution is 2.35. The molecule has 3 aliphatic rings. The molecule has 3 aliphatic heterocycles. The molecule has 0 saturated carbocycles. The largest absolute Gasteiger partial charge is 0.322 e. The number of carbonyl (C=O) groups is 3. The van der Waals surface area contributed by atoms with Crippen LogP contribution in [0.3, 0.4) is 0 Å². The molecule has 0 spiro atoms. The highest BCUT2D eigenvalue weighted by atomic mass is 19.1. The molecule has 33 heavy (non-hydrogen) atoms. The molecule has 4 heterocycles. The molecule has 172 valence electrons. The number of likely N-dealkylation sites (tertiary alicyclic amines) is 1. The second kappa shape index (κ2) is 8.62. The molecule has 0 aliphatic carbocycles. The Bertz CT molecular complexity index is 1130. The lowest BCUT2D eigenvalue weighted by Crippen LogP contribution is -2.52. The van der Waals surface area contributed by atoms with Gasteiger partial charge in [-0.15, -0.1) is 0 Å². The summed E-state index contributed by atoms with van der Waals surface area (Å²) in [7, 11) is 0. The van der Waals surface area contributed by atoms with Crippen LogP contribution in [0.15, 0.2) is 24.5 Å². The van der Waals surface area contributed by atoms with Gasteiger partial charge in [-0.25, -0.2) is 4.39 Å². The number of aromatic nitrogens is 2. The summed E-state index contributed by atoms with van der Waals surface area (Å²) < 4.78 is 15.1. The Morgan fingerprint density at radius 2 is 1.85 bits per heavy atom. The number of amides is 3. The first kappa shape index (κ1) is 21.6. The molecular formula is C24H26FN5O3. The van der Waals surface area contributed by atoms with Crippen molar-refractivity contribution in [2.45, 2.75) is 57.7 Å². The maximum atomic E-state index is 15.1. The quantitative estimate of drug-likeness (QED) is 0.715. The van der Waals surface area contributed by atoms with Crippen molar-refractivity contribution in [3.63, 3.8) is 0 Å². The van der Waals surface area contributed by atoms with Gasteiger partial charge in [-0.1, -0.05) is 6.07 Å². The fourth-order valence-corrected chi connectivity index (χ4v) is 5.13. The predicted octanol–water partition coefficient (Wildman–Crippen LogP) is 2.06. The number of imide groups is 1. The van der Waals surface area contributed by atoms with E-state index in [4.69, 9.17) is 0 Å². The van der Waals surface area contributed by atoms with Crippen molar-refractivity contribution in [2.75, 3.05) is 13.1 Å². The van der Waals surface area contributed by atoms with E-state index in [1.807, 2.05) is 13.0 Å². The van der Waals surface area contributed by atoms with Gasteiger partial charge in [0.1, 0.15) is 11.9 Å². The average Bonchev–Trinajstić information content (AvgIpc) is 3.11. The zero-order valence-electron chi connectivity index (χ0n) is 18.5. The Labute approximate surface area is 191 Å². The van der Waals surface area contributed by atoms with Gasteiger partial charge >= 0.3 is 0 Å². The Kier molecular flexibility index (Phi) is 5.65. The Morgan fingerprint density at radius 1 is 1.09 bits per heavy atom. The first-order valence-corrected chi connectivity index (χ1v) is 11.4. The van der Waals surface area contributed by atoms with E-state index in [1.54, 1.807) is 12.4 Å². The van der Waals surface area contributed by atoms with Crippen LogP contribution in [0.5, 0.6) is 0 Å². The molecular weight excluding hydrogens is 425 g/mol. The number of rotatable bonds is 4. The van der Waals surface area contributed by atoms with Gasteiger partial charge in [-0.2, -0.15) is 0 Å². The molecule has 1 unspecified atom stereocenters. The van der Waals surface area contributed by atoms with Crippen LogP contribution in [0.25, 0.3) is 0 Å². The second-order valence-corrected chi connectivity index (χ2v) is 9.07. The Balaban J connectivity index is 1.27. The summed E-state index contributed by atoms with van der Waals surface area (Å²) >= 11 is 0. The predicted molar refractivity (Wildman–Crippen MR) is 116 cm³/mol. The molecule has 1 aromatic heterocycles. The monoisotopic (exact) mass is 451 g/mol. The van der Waals surface area contributed by atoms with Gasteiger partial charge in [0.05, 0.1) is 11.4 Å². The standard InChI is InChI=1S/C24H26FN5O3/c1-14-20(27-7-6-26-14)13-29-8-4-15(5-9-29)17-10-16-12-30(24(33)18(16)11-19(17)25)21-2-3-22(31)28-23(21)32/h6-7,10-11,15,21H,2-5,8-9,12-13H2,1H3,(H,28,31,32). The fraction of sp³-hybridized carbons (Fsp3) is 0.458.